The fraction of sp³-hybridized carbons (Fsp3) is 0.278. The average molecular weight is 344 g/mol. The van der Waals surface area contributed by atoms with Crippen LogP contribution in [0.4, 0.5) is 5.69 Å². The number of anilines is 1. The number of piperidine rings is 1. The zero-order chi connectivity index (χ0) is 17.0. The molecule has 2 aromatic carbocycles. The van der Waals surface area contributed by atoms with E-state index in [1.54, 1.807) is 24.3 Å². The van der Waals surface area contributed by atoms with E-state index in [0.29, 0.717) is 25.9 Å². The van der Waals surface area contributed by atoms with Gasteiger partial charge in [-0.1, -0.05) is 30.3 Å². The Morgan fingerprint density at radius 1 is 0.917 bits per heavy atom. The van der Waals surface area contributed by atoms with Crippen LogP contribution in [0.3, 0.4) is 0 Å². The zero-order valence-corrected chi connectivity index (χ0v) is 14.1. The molecule has 0 amide bonds. The van der Waals surface area contributed by atoms with E-state index in [9.17, 15) is 13.2 Å². The highest BCUT2D eigenvalue weighted by Gasteiger charge is 2.18. The summed E-state index contributed by atoms with van der Waals surface area (Å²) >= 11 is 0. The van der Waals surface area contributed by atoms with Gasteiger partial charge >= 0.3 is 0 Å². The minimum absolute atomic E-state index is 0.246. The Morgan fingerprint density at radius 3 is 2.17 bits per heavy atom. The topological polar surface area (TPSA) is 66.5 Å². The number of sulfonamides is 1. The standard InChI is InChI=1S/C18H20N2O3S/c21-17-10-12-20(13-11-17)16-6-8-18(9-7-16)24(22,23)19-14-15-4-2-1-3-5-15/h1-9,19H,10-14H2. The summed E-state index contributed by atoms with van der Waals surface area (Å²) in [6, 6.07) is 16.2. The van der Waals surface area contributed by atoms with Crippen LogP contribution in [0.5, 0.6) is 0 Å². The van der Waals surface area contributed by atoms with Crippen molar-refractivity contribution in [2.45, 2.75) is 24.3 Å². The Morgan fingerprint density at radius 2 is 1.54 bits per heavy atom. The molecule has 1 saturated heterocycles. The summed E-state index contributed by atoms with van der Waals surface area (Å²) in [6.45, 7) is 1.65. The Balaban J connectivity index is 1.66. The van der Waals surface area contributed by atoms with Crippen LogP contribution in [-0.2, 0) is 21.4 Å². The number of carbonyl (C=O) groups excluding carboxylic acids is 1. The Hall–Kier alpha value is -2.18. The van der Waals surface area contributed by atoms with E-state index >= 15 is 0 Å². The van der Waals surface area contributed by atoms with Gasteiger partial charge in [-0.2, -0.15) is 0 Å². The second-order valence-electron chi connectivity index (χ2n) is 5.83. The van der Waals surface area contributed by atoms with Gasteiger partial charge < -0.3 is 4.90 Å². The van der Waals surface area contributed by atoms with E-state index in [1.807, 2.05) is 30.3 Å². The van der Waals surface area contributed by atoms with Crippen LogP contribution in [0, 0.1) is 0 Å². The van der Waals surface area contributed by atoms with Crippen LogP contribution in [0.1, 0.15) is 18.4 Å². The number of ketones is 1. The molecule has 0 atom stereocenters. The van der Waals surface area contributed by atoms with Crippen LogP contribution < -0.4 is 9.62 Å². The minimum atomic E-state index is -3.54. The van der Waals surface area contributed by atoms with E-state index in [-0.39, 0.29) is 17.2 Å². The number of nitrogens with zero attached hydrogens (tertiary/aromatic N) is 1. The van der Waals surface area contributed by atoms with E-state index in [0.717, 1.165) is 11.3 Å². The van der Waals surface area contributed by atoms with Gasteiger partial charge in [0.15, 0.2) is 0 Å². The first kappa shape index (κ1) is 16.7. The number of benzene rings is 2. The fourth-order valence-corrected chi connectivity index (χ4v) is 3.73. The molecule has 1 aliphatic rings. The van der Waals surface area contributed by atoms with E-state index in [1.165, 1.54) is 0 Å². The molecule has 24 heavy (non-hydrogen) atoms. The van der Waals surface area contributed by atoms with Crippen molar-refractivity contribution in [3.8, 4) is 0 Å². The van der Waals surface area contributed by atoms with Gasteiger partial charge in [-0.05, 0) is 29.8 Å². The molecule has 0 spiro atoms. The summed E-state index contributed by atoms with van der Waals surface area (Å²) in [5.41, 5.74) is 1.86. The second kappa shape index (κ2) is 7.15. The lowest BCUT2D eigenvalue weighted by atomic mass is 10.1. The van der Waals surface area contributed by atoms with Gasteiger partial charge in [-0.15, -0.1) is 0 Å². The van der Waals surface area contributed by atoms with Crippen molar-refractivity contribution in [2.75, 3.05) is 18.0 Å². The Kier molecular flexibility index (Phi) is 4.97. The normalized spacial score (nSPS) is 15.5. The van der Waals surface area contributed by atoms with Gasteiger partial charge in [0.25, 0.3) is 0 Å². The van der Waals surface area contributed by atoms with Crippen molar-refractivity contribution < 1.29 is 13.2 Å². The molecular weight excluding hydrogens is 324 g/mol. The van der Waals surface area contributed by atoms with Crippen molar-refractivity contribution in [1.29, 1.82) is 0 Å². The minimum Gasteiger partial charge on any atom is -0.371 e. The lowest BCUT2D eigenvalue weighted by Crippen LogP contribution is -2.33. The predicted molar refractivity (Wildman–Crippen MR) is 93.4 cm³/mol. The second-order valence-corrected chi connectivity index (χ2v) is 7.60. The summed E-state index contributed by atoms with van der Waals surface area (Å²) in [5.74, 6) is 0.288. The molecule has 0 unspecified atom stereocenters. The van der Waals surface area contributed by atoms with Gasteiger partial charge in [-0.3, -0.25) is 4.79 Å². The highest BCUT2D eigenvalue weighted by molar-refractivity contribution is 7.89. The molecule has 6 heteroatoms. The van der Waals surface area contributed by atoms with Gasteiger partial charge in [-0.25, -0.2) is 13.1 Å². The van der Waals surface area contributed by atoms with Crippen LogP contribution >= 0.6 is 0 Å². The largest absolute Gasteiger partial charge is 0.371 e. The monoisotopic (exact) mass is 344 g/mol. The average Bonchev–Trinajstić information content (AvgIpc) is 2.62. The quantitative estimate of drug-likeness (QED) is 0.904. The first-order valence-corrected chi connectivity index (χ1v) is 9.43. The van der Waals surface area contributed by atoms with Gasteiger partial charge in [0, 0.05) is 38.2 Å². The fourth-order valence-electron chi connectivity index (χ4n) is 2.71. The lowest BCUT2D eigenvalue weighted by Gasteiger charge is -2.28. The summed E-state index contributed by atoms with van der Waals surface area (Å²) in [6.07, 6.45) is 1.11. The van der Waals surface area contributed by atoms with Crippen LogP contribution in [0.15, 0.2) is 59.5 Å². The van der Waals surface area contributed by atoms with E-state index in [4.69, 9.17) is 0 Å². The number of rotatable bonds is 5. The number of carbonyl (C=O) groups is 1. The number of Topliss-reactive ketones (excluding diaryl/α,β-unsaturated/α-hetero) is 1. The third-order valence-electron chi connectivity index (χ3n) is 4.14. The first-order chi connectivity index (χ1) is 11.5. The van der Waals surface area contributed by atoms with Crippen molar-refractivity contribution in [2.24, 2.45) is 0 Å². The van der Waals surface area contributed by atoms with Crippen LogP contribution in [0.25, 0.3) is 0 Å². The zero-order valence-electron chi connectivity index (χ0n) is 13.3. The third-order valence-corrected chi connectivity index (χ3v) is 5.56. The van der Waals surface area contributed by atoms with Crippen molar-refractivity contribution in [3.63, 3.8) is 0 Å². The molecule has 1 fully saturated rings. The predicted octanol–water partition coefficient (Wildman–Crippen LogP) is 2.33. The molecule has 3 rings (SSSR count). The molecule has 0 aromatic heterocycles. The summed E-state index contributed by atoms with van der Waals surface area (Å²) < 4.78 is 27.3. The van der Waals surface area contributed by atoms with Crippen molar-refractivity contribution in [3.05, 3.63) is 60.2 Å². The summed E-state index contributed by atoms with van der Waals surface area (Å²) in [4.78, 5) is 13.7. The number of nitrogens with one attached hydrogen (secondary N) is 1. The SMILES string of the molecule is O=C1CCN(c2ccc(S(=O)(=O)NCc3ccccc3)cc2)CC1. The molecule has 2 aromatic rings. The maximum absolute atomic E-state index is 12.4. The molecule has 1 heterocycles. The molecule has 0 saturated carbocycles. The first-order valence-electron chi connectivity index (χ1n) is 7.95. The van der Waals surface area contributed by atoms with Crippen molar-refractivity contribution >= 4 is 21.5 Å². The number of hydrogen-bond donors (Lipinski definition) is 1. The highest BCUT2D eigenvalue weighted by Crippen LogP contribution is 2.21. The van der Waals surface area contributed by atoms with Gasteiger partial charge in [0.05, 0.1) is 4.90 Å². The molecule has 1 aliphatic heterocycles. The molecular formula is C18H20N2O3S. The Labute approximate surface area is 142 Å². The smallest absolute Gasteiger partial charge is 0.240 e. The van der Waals surface area contributed by atoms with Gasteiger partial charge in [0.1, 0.15) is 5.78 Å². The van der Waals surface area contributed by atoms with Crippen LogP contribution in [0.2, 0.25) is 0 Å². The molecule has 126 valence electrons. The third kappa shape index (κ3) is 4.01. The van der Waals surface area contributed by atoms with Crippen molar-refractivity contribution in [1.82, 2.24) is 4.72 Å². The maximum Gasteiger partial charge on any atom is 0.240 e. The maximum atomic E-state index is 12.4. The molecule has 0 bridgehead atoms. The summed E-state index contributed by atoms with van der Waals surface area (Å²) in [7, 11) is -3.54. The molecule has 0 aliphatic carbocycles. The molecule has 0 radical (unpaired) electrons. The van der Waals surface area contributed by atoms with E-state index in [2.05, 4.69) is 9.62 Å². The van der Waals surface area contributed by atoms with E-state index < -0.39 is 10.0 Å². The lowest BCUT2D eigenvalue weighted by molar-refractivity contribution is -0.119. The molecule has 1 N–H and O–H groups in total. The number of hydrogen-bond acceptors (Lipinski definition) is 4. The molecule has 5 nitrogen and oxygen atoms in total. The van der Waals surface area contributed by atoms with Gasteiger partial charge in [0.2, 0.25) is 10.0 Å². The summed E-state index contributed by atoms with van der Waals surface area (Å²) in [5, 5.41) is 0. The highest BCUT2D eigenvalue weighted by atomic mass is 32.2. The van der Waals surface area contributed by atoms with Crippen LogP contribution in [-0.4, -0.2) is 27.3 Å². The Bertz CT molecular complexity index is 792.